The van der Waals surface area contributed by atoms with Crippen molar-refractivity contribution in [3.63, 3.8) is 0 Å². The maximum Gasteiger partial charge on any atom is 0.0994 e. The smallest absolute Gasteiger partial charge is 0.0994 e. The van der Waals surface area contributed by atoms with Gasteiger partial charge in [0, 0.05) is 35.1 Å². The lowest BCUT2D eigenvalue weighted by Crippen LogP contribution is -2.12. The molecule has 0 aliphatic rings. The standard InChI is InChI=1S/C12H14ClN3/c1-9(6-14)12-7-15-8-16(12)11-4-2-3-10(13)5-11/h2-5,7-9H,6,14H2,1H3. The van der Waals surface area contributed by atoms with Crippen molar-refractivity contribution >= 4 is 11.6 Å². The van der Waals surface area contributed by atoms with Crippen molar-refractivity contribution in [1.29, 1.82) is 0 Å². The number of hydrogen-bond acceptors (Lipinski definition) is 2. The van der Waals surface area contributed by atoms with Crippen LogP contribution in [0.1, 0.15) is 18.5 Å². The summed E-state index contributed by atoms with van der Waals surface area (Å²) in [5, 5.41) is 0.720. The molecule has 2 aromatic rings. The zero-order valence-corrected chi connectivity index (χ0v) is 9.85. The first kappa shape index (κ1) is 11.2. The molecule has 84 valence electrons. The molecule has 0 saturated carbocycles. The van der Waals surface area contributed by atoms with Crippen molar-refractivity contribution in [2.45, 2.75) is 12.8 Å². The van der Waals surface area contributed by atoms with E-state index in [4.69, 9.17) is 17.3 Å². The number of aromatic nitrogens is 2. The molecular weight excluding hydrogens is 222 g/mol. The molecule has 4 heteroatoms. The Balaban J connectivity index is 2.44. The van der Waals surface area contributed by atoms with Gasteiger partial charge in [0.25, 0.3) is 0 Å². The Morgan fingerprint density at radius 1 is 1.50 bits per heavy atom. The second-order valence-electron chi connectivity index (χ2n) is 3.81. The summed E-state index contributed by atoms with van der Waals surface area (Å²) in [4.78, 5) is 4.16. The predicted octanol–water partition coefficient (Wildman–Crippen LogP) is 2.59. The number of halogens is 1. The summed E-state index contributed by atoms with van der Waals surface area (Å²) in [6.45, 7) is 2.68. The van der Waals surface area contributed by atoms with Crippen LogP contribution < -0.4 is 5.73 Å². The van der Waals surface area contributed by atoms with E-state index in [1.807, 2.05) is 35.0 Å². The van der Waals surface area contributed by atoms with Crippen LogP contribution >= 0.6 is 11.6 Å². The molecule has 1 aromatic heterocycles. The van der Waals surface area contributed by atoms with Crippen LogP contribution in [0.5, 0.6) is 0 Å². The van der Waals surface area contributed by atoms with Crippen LogP contribution in [0.15, 0.2) is 36.8 Å². The number of nitrogens with zero attached hydrogens (tertiary/aromatic N) is 2. The fourth-order valence-electron chi connectivity index (χ4n) is 1.63. The molecule has 0 aliphatic carbocycles. The minimum absolute atomic E-state index is 0.279. The Kier molecular flexibility index (Phi) is 3.27. The number of hydrogen-bond donors (Lipinski definition) is 1. The molecule has 16 heavy (non-hydrogen) atoms. The van der Waals surface area contributed by atoms with Crippen LogP contribution in [0.25, 0.3) is 5.69 Å². The summed E-state index contributed by atoms with van der Waals surface area (Å²) in [5.74, 6) is 0.279. The topological polar surface area (TPSA) is 43.8 Å². The highest BCUT2D eigenvalue weighted by atomic mass is 35.5. The maximum atomic E-state index is 5.97. The van der Waals surface area contributed by atoms with E-state index >= 15 is 0 Å². The molecule has 0 fully saturated rings. The van der Waals surface area contributed by atoms with Gasteiger partial charge in [-0.3, -0.25) is 0 Å². The van der Waals surface area contributed by atoms with Gasteiger partial charge in [0.15, 0.2) is 0 Å². The molecule has 1 heterocycles. The van der Waals surface area contributed by atoms with Crippen molar-refractivity contribution in [3.8, 4) is 5.69 Å². The molecule has 1 atom stereocenters. The predicted molar refractivity (Wildman–Crippen MR) is 66.0 cm³/mol. The third-order valence-electron chi connectivity index (χ3n) is 2.61. The van der Waals surface area contributed by atoms with Gasteiger partial charge in [-0.1, -0.05) is 24.6 Å². The Hall–Kier alpha value is -1.32. The van der Waals surface area contributed by atoms with Crippen molar-refractivity contribution in [3.05, 3.63) is 47.5 Å². The highest BCUT2D eigenvalue weighted by Gasteiger charge is 2.10. The van der Waals surface area contributed by atoms with Gasteiger partial charge < -0.3 is 10.3 Å². The summed E-state index contributed by atoms with van der Waals surface area (Å²) < 4.78 is 2.02. The monoisotopic (exact) mass is 235 g/mol. The first-order chi connectivity index (χ1) is 7.72. The zero-order chi connectivity index (χ0) is 11.5. The van der Waals surface area contributed by atoms with Crippen LogP contribution in [0, 0.1) is 0 Å². The van der Waals surface area contributed by atoms with E-state index in [2.05, 4.69) is 11.9 Å². The van der Waals surface area contributed by atoms with Gasteiger partial charge in [0.2, 0.25) is 0 Å². The van der Waals surface area contributed by atoms with E-state index in [1.54, 1.807) is 6.33 Å². The van der Waals surface area contributed by atoms with E-state index in [-0.39, 0.29) is 5.92 Å². The lowest BCUT2D eigenvalue weighted by Gasteiger charge is -2.12. The minimum atomic E-state index is 0.279. The molecule has 0 aliphatic heterocycles. The van der Waals surface area contributed by atoms with Crippen LogP contribution in [-0.4, -0.2) is 16.1 Å². The first-order valence-corrected chi connectivity index (χ1v) is 5.58. The van der Waals surface area contributed by atoms with E-state index in [0.29, 0.717) is 6.54 Å². The highest BCUT2D eigenvalue weighted by Crippen LogP contribution is 2.20. The van der Waals surface area contributed by atoms with Crippen LogP contribution in [0.3, 0.4) is 0 Å². The Morgan fingerprint density at radius 3 is 3.00 bits per heavy atom. The number of imidazole rings is 1. The van der Waals surface area contributed by atoms with Crippen LogP contribution in [-0.2, 0) is 0 Å². The molecule has 0 saturated heterocycles. The first-order valence-electron chi connectivity index (χ1n) is 5.20. The Bertz CT molecular complexity index is 479. The molecular formula is C12H14ClN3. The van der Waals surface area contributed by atoms with Crippen molar-refractivity contribution < 1.29 is 0 Å². The zero-order valence-electron chi connectivity index (χ0n) is 9.10. The van der Waals surface area contributed by atoms with Crippen molar-refractivity contribution in [2.75, 3.05) is 6.54 Å². The minimum Gasteiger partial charge on any atom is -0.330 e. The summed E-state index contributed by atoms with van der Waals surface area (Å²) >= 11 is 5.97. The van der Waals surface area contributed by atoms with Crippen molar-refractivity contribution in [1.82, 2.24) is 9.55 Å². The third-order valence-corrected chi connectivity index (χ3v) is 2.85. The quantitative estimate of drug-likeness (QED) is 0.889. The van der Waals surface area contributed by atoms with Gasteiger partial charge in [-0.25, -0.2) is 4.98 Å². The average Bonchev–Trinajstić information content (AvgIpc) is 2.77. The van der Waals surface area contributed by atoms with Gasteiger partial charge in [-0.15, -0.1) is 0 Å². The van der Waals surface area contributed by atoms with Gasteiger partial charge >= 0.3 is 0 Å². The van der Waals surface area contributed by atoms with Crippen molar-refractivity contribution in [2.24, 2.45) is 5.73 Å². The third kappa shape index (κ3) is 2.10. The van der Waals surface area contributed by atoms with Crippen LogP contribution in [0.2, 0.25) is 5.02 Å². The largest absolute Gasteiger partial charge is 0.330 e. The summed E-state index contributed by atoms with van der Waals surface area (Å²) in [6, 6.07) is 7.69. The lowest BCUT2D eigenvalue weighted by atomic mass is 10.1. The van der Waals surface area contributed by atoms with Gasteiger partial charge in [0.1, 0.15) is 0 Å². The second kappa shape index (κ2) is 4.68. The average molecular weight is 236 g/mol. The summed E-state index contributed by atoms with van der Waals surface area (Å²) in [5.41, 5.74) is 7.79. The number of benzene rings is 1. The molecule has 2 rings (SSSR count). The number of rotatable bonds is 3. The summed E-state index contributed by atoms with van der Waals surface area (Å²) in [7, 11) is 0. The van der Waals surface area contributed by atoms with Gasteiger partial charge in [-0.2, -0.15) is 0 Å². The molecule has 2 N–H and O–H groups in total. The van der Waals surface area contributed by atoms with E-state index < -0.39 is 0 Å². The molecule has 0 spiro atoms. The molecule has 1 unspecified atom stereocenters. The number of nitrogens with two attached hydrogens (primary N) is 1. The SMILES string of the molecule is CC(CN)c1cncn1-c1cccc(Cl)c1. The maximum absolute atomic E-state index is 5.97. The second-order valence-corrected chi connectivity index (χ2v) is 4.24. The molecule has 0 amide bonds. The van der Waals surface area contributed by atoms with E-state index in [0.717, 1.165) is 16.4 Å². The van der Waals surface area contributed by atoms with Gasteiger partial charge in [0.05, 0.1) is 6.33 Å². The highest BCUT2D eigenvalue weighted by molar-refractivity contribution is 6.30. The molecule has 0 bridgehead atoms. The fraction of sp³-hybridized carbons (Fsp3) is 0.250. The van der Waals surface area contributed by atoms with Crippen LogP contribution in [0.4, 0.5) is 0 Å². The van der Waals surface area contributed by atoms with E-state index in [9.17, 15) is 0 Å². The van der Waals surface area contributed by atoms with E-state index in [1.165, 1.54) is 0 Å². The molecule has 3 nitrogen and oxygen atoms in total. The lowest BCUT2D eigenvalue weighted by molar-refractivity contribution is 0.723. The Morgan fingerprint density at radius 2 is 2.31 bits per heavy atom. The molecule has 1 aromatic carbocycles. The summed E-state index contributed by atoms with van der Waals surface area (Å²) in [6.07, 6.45) is 3.63. The normalized spacial score (nSPS) is 12.7. The van der Waals surface area contributed by atoms with Gasteiger partial charge in [-0.05, 0) is 18.2 Å². The Labute approximate surface area is 99.9 Å². The molecule has 0 radical (unpaired) electrons. The fourth-order valence-corrected chi connectivity index (χ4v) is 1.82.